The third kappa shape index (κ3) is 2.59. The number of hydrogen-bond donors (Lipinski definition) is 1. The van der Waals surface area contributed by atoms with Crippen molar-refractivity contribution in [2.24, 2.45) is 23.7 Å². The number of nitrogens with one attached hydrogen (secondary N) is 1. The highest BCUT2D eigenvalue weighted by Crippen LogP contribution is 2.55. The summed E-state index contributed by atoms with van der Waals surface area (Å²) in [5.74, 6) is 3.13. The number of benzene rings is 1. The van der Waals surface area contributed by atoms with E-state index in [-0.39, 0.29) is 17.6 Å². The minimum atomic E-state index is -0.0391. The Balaban J connectivity index is 1.12. The molecular weight excluding hydrogens is 348 g/mol. The molecule has 150 valence electrons. The van der Waals surface area contributed by atoms with Crippen molar-refractivity contribution in [3.63, 3.8) is 0 Å². The van der Waals surface area contributed by atoms with Crippen molar-refractivity contribution in [3.8, 4) is 0 Å². The maximum atomic E-state index is 13.0. The molecule has 2 aliphatic heterocycles. The average molecular weight is 381 g/mol. The standard InChI is InChI=1S/C24H32N2O2/c1-15-2-3-21-20(8-15)24(14-25-21)4-6-26(7-5-24)23(27)28-22-18-10-16-9-17(12-18)13-19(22)11-16/h2-3,8,16-19,22,25H,4-7,9-14H2,1H3. The molecule has 1 spiro atoms. The van der Waals surface area contributed by atoms with E-state index in [0.717, 1.165) is 44.3 Å². The third-order valence-electron chi connectivity index (χ3n) is 8.72. The Labute approximate surface area is 168 Å². The summed E-state index contributed by atoms with van der Waals surface area (Å²) in [7, 11) is 0. The number of fused-ring (bicyclic) bond motifs is 2. The van der Waals surface area contributed by atoms with Crippen molar-refractivity contribution in [1.29, 1.82) is 0 Å². The number of hydrogen-bond acceptors (Lipinski definition) is 3. The summed E-state index contributed by atoms with van der Waals surface area (Å²) >= 11 is 0. The van der Waals surface area contributed by atoms with E-state index in [2.05, 4.69) is 30.4 Å². The first kappa shape index (κ1) is 17.2. The van der Waals surface area contributed by atoms with Crippen LogP contribution < -0.4 is 5.32 Å². The zero-order valence-corrected chi connectivity index (χ0v) is 17.0. The Morgan fingerprint density at radius 1 is 1.07 bits per heavy atom. The van der Waals surface area contributed by atoms with E-state index in [0.29, 0.717) is 11.8 Å². The number of ether oxygens (including phenoxy) is 1. The van der Waals surface area contributed by atoms with E-state index < -0.39 is 0 Å². The van der Waals surface area contributed by atoms with Gasteiger partial charge in [-0.25, -0.2) is 4.79 Å². The normalized spacial score (nSPS) is 37.0. The number of carbonyl (C=O) groups is 1. The van der Waals surface area contributed by atoms with Crippen LogP contribution in [0.15, 0.2) is 18.2 Å². The minimum absolute atomic E-state index is 0.0391. The molecule has 0 radical (unpaired) electrons. The van der Waals surface area contributed by atoms with Crippen LogP contribution in [-0.4, -0.2) is 36.7 Å². The Hall–Kier alpha value is -1.71. The van der Waals surface area contributed by atoms with E-state index in [4.69, 9.17) is 4.74 Å². The Bertz CT molecular complexity index is 768. The van der Waals surface area contributed by atoms with Gasteiger partial charge in [0.15, 0.2) is 0 Å². The van der Waals surface area contributed by atoms with Crippen LogP contribution in [-0.2, 0) is 10.2 Å². The lowest BCUT2D eigenvalue weighted by atomic mass is 9.55. The molecule has 1 aromatic rings. The zero-order chi connectivity index (χ0) is 18.9. The molecule has 4 nitrogen and oxygen atoms in total. The van der Waals surface area contributed by atoms with Gasteiger partial charge in [-0.1, -0.05) is 17.7 Å². The predicted molar refractivity (Wildman–Crippen MR) is 109 cm³/mol. The number of likely N-dealkylation sites (tertiary alicyclic amines) is 1. The number of carbonyl (C=O) groups excluding carboxylic acids is 1. The molecule has 4 saturated carbocycles. The van der Waals surface area contributed by atoms with Gasteiger partial charge in [-0.05, 0) is 87.2 Å². The second kappa shape index (κ2) is 6.14. The maximum absolute atomic E-state index is 13.0. The van der Waals surface area contributed by atoms with Crippen LogP contribution in [0.3, 0.4) is 0 Å². The van der Waals surface area contributed by atoms with E-state index >= 15 is 0 Å². The van der Waals surface area contributed by atoms with Gasteiger partial charge in [0.1, 0.15) is 6.10 Å². The lowest BCUT2D eigenvalue weighted by Gasteiger charge is -2.53. The molecule has 0 atom stereocenters. The predicted octanol–water partition coefficient (Wildman–Crippen LogP) is 4.72. The van der Waals surface area contributed by atoms with Gasteiger partial charge in [-0.3, -0.25) is 0 Å². The summed E-state index contributed by atoms with van der Waals surface area (Å²) in [6.45, 7) is 4.82. The number of rotatable bonds is 1. The highest BCUT2D eigenvalue weighted by Gasteiger charge is 2.50. The number of nitrogens with zero attached hydrogens (tertiary/aromatic N) is 1. The Morgan fingerprint density at radius 3 is 2.43 bits per heavy atom. The highest BCUT2D eigenvalue weighted by molar-refractivity contribution is 5.69. The van der Waals surface area contributed by atoms with Gasteiger partial charge in [0.25, 0.3) is 0 Å². The Kier molecular flexibility index (Phi) is 3.77. The molecule has 0 aromatic heterocycles. The first-order chi connectivity index (χ1) is 13.6. The first-order valence-corrected chi connectivity index (χ1v) is 11.4. The van der Waals surface area contributed by atoms with Crippen LogP contribution in [0.1, 0.15) is 56.1 Å². The Morgan fingerprint density at radius 2 is 1.75 bits per heavy atom. The van der Waals surface area contributed by atoms with Crippen LogP contribution in [0.4, 0.5) is 10.5 Å². The van der Waals surface area contributed by atoms with Crippen molar-refractivity contribution in [1.82, 2.24) is 4.90 Å². The molecule has 4 aliphatic carbocycles. The SMILES string of the molecule is Cc1ccc2c(c1)C1(CCN(C(=O)OC3C4CC5CC(C4)CC3C5)CC1)CN2. The molecule has 0 unspecified atom stereocenters. The summed E-state index contributed by atoms with van der Waals surface area (Å²) in [5, 5.41) is 3.60. The first-order valence-electron chi connectivity index (χ1n) is 11.4. The summed E-state index contributed by atoms with van der Waals surface area (Å²) in [6, 6.07) is 6.74. The largest absolute Gasteiger partial charge is 0.446 e. The van der Waals surface area contributed by atoms with Gasteiger partial charge in [0.05, 0.1) is 0 Å². The summed E-state index contributed by atoms with van der Waals surface area (Å²) in [6.07, 6.45) is 8.88. The van der Waals surface area contributed by atoms with Gasteiger partial charge in [-0.15, -0.1) is 0 Å². The maximum Gasteiger partial charge on any atom is 0.410 e. The van der Waals surface area contributed by atoms with Crippen molar-refractivity contribution in [2.45, 2.75) is 63.4 Å². The van der Waals surface area contributed by atoms with Crippen LogP contribution >= 0.6 is 0 Å². The highest BCUT2D eigenvalue weighted by atomic mass is 16.6. The third-order valence-corrected chi connectivity index (χ3v) is 8.72. The van der Waals surface area contributed by atoms with Gasteiger partial charge in [-0.2, -0.15) is 0 Å². The van der Waals surface area contributed by atoms with Crippen LogP contribution in [0.5, 0.6) is 0 Å². The molecular formula is C24H32N2O2. The van der Waals surface area contributed by atoms with Gasteiger partial charge in [0, 0.05) is 30.7 Å². The van der Waals surface area contributed by atoms with Crippen molar-refractivity contribution < 1.29 is 9.53 Å². The molecule has 1 saturated heterocycles. The van der Waals surface area contributed by atoms with Gasteiger partial charge in [0.2, 0.25) is 0 Å². The summed E-state index contributed by atoms with van der Waals surface area (Å²) < 4.78 is 6.18. The molecule has 28 heavy (non-hydrogen) atoms. The smallest absolute Gasteiger partial charge is 0.410 e. The van der Waals surface area contributed by atoms with E-state index in [1.807, 2.05) is 4.90 Å². The molecule has 7 rings (SSSR count). The molecule has 4 heteroatoms. The second-order valence-electron chi connectivity index (χ2n) is 10.4. The second-order valence-corrected chi connectivity index (χ2v) is 10.4. The number of aryl methyl sites for hydroxylation is 1. The molecule has 6 aliphatic rings. The van der Waals surface area contributed by atoms with Crippen molar-refractivity contribution in [3.05, 3.63) is 29.3 Å². The van der Waals surface area contributed by atoms with E-state index in [9.17, 15) is 4.79 Å². The van der Waals surface area contributed by atoms with Crippen molar-refractivity contribution in [2.75, 3.05) is 25.0 Å². The fourth-order valence-electron chi connectivity index (χ4n) is 7.43. The molecule has 1 amide bonds. The zero-order valence-electron chi connectivity index (χ0n) is 17.0. The minimum Gasteiger partial charge on any atom is -0.446 e. The average Bonchev–Trinajstić information content (AvgIpc) is 3.02. The number of piperidine rings is 1. The lowest BCUT2D eigenvalue weighted by molar-refractivity contribution is -0.103. The van der Waals surface area contributed by atoms with Gasteiger partial charge < -0.3 is 15.0 Å². The molecule has 5 fully saturated rings. The quantitative estimate of drug-likeness (QED) is 0.767. The molecule has 1 aromatic carbocycles. The van der Waals surface area contributed by atoms with Crippen LogP contribution in [0.2, 0.25) is 0 Å². The lowest BCUT2D eigenvalue weighted by Crippen LogP contribution is -2.52. The van der Waals surface area contributed by atoms with Gasteiger partial charge >= 0.3 is 6.09 Å². The van der Waals surface area contributed by atoms with E-state index in [1.54, 1.807) is 0 Å². The van der Waals surface area contributed by atoms with E-state index in [1.165, 1.54) is 48.9 Å². The van der Waals surface area contributed by atoms with Crippen LogP contribution in [0.25, 0.3) is 0 Å². The molecule has 4 bridgehead atoms. The summed E-state index contributed by atoms with van der Waals surface area (Å²) in [5.41, 5.74) is 4.27. The van der Waals surface area contributed by atoms with Crippen molar-refractivity contribution >= 4 is 11.8 Å². The fourth-order valence-corrected chi connectivity index (χ4v) is 7.43. The number of anilines is 1. The number of amides is 1. The fraction of sp³-hybridized carbons (Fsp3) is 0.708. The van der Waals surface area contributed by atoms with Crippen LogP contribution in [0, 0.1) is 30.6 Å². The topological polar surface area (TPSA) is 41.6 Å². The summed E-state index contributed by atoms with van der Waals surface area (Å²) in [4.78, 5) is 15.0. The monoisotopic (exact) mass is 380 g/mol. The molecule has 2 heterocycles. The molecule has 1 N–H and O–H groups in total.